The molecule has 1 aromatic heterocycles. The zero-order chi connectivity index (χ0) is 13.7. The molecule has 0 saturated heterocycles. The molecule has 0 radical (unpaired) electrons. The molecular formula is C16H21N3. The summed E-state index contributed by atoms with van der Waals surface area (Å²) in [5, 5.41) is 0. The summed E-state index contributed by atoms with van der Waals surface area (Å²) >= 11 is 0. The second kappa shape index (κ2) is 6.34. The molecule has 2 rings (SSSR count). The predicted molar refractivity (Wildman–Crippen MR) is 80.3 cm³/mol. The normalized spacial score (nSPS) is 10.5. The minimum absolute atomic E-state index is 0.674. The van der Waals surface area contributed by atoms with Crippen LogP contribution in [0.15, 0.2) is 42.5 Å². The van der Waals surface area contributed by atoms with Crippen LogP contribution in [0.2, 0.25) is 0 Å². The second-order valence-corrected chi connectivity index (χ2v) is 4.79. The Morgan fingerprint density at radius 1 is 1.11 bits per heavy atom. The summed E-state index contributed by atoms with van der Waals surface area (Å²) in [5.41, 5.74) is 10.3. The van der Waals surface area contributed by atoms with Gasteiger partial charge in [0.05, 0.1) is 12.2 Å². The molecule has 2 aromatic rings. The zero-order valence-corrected chi connectivity index (χ0v) is 11.6. The minimum atomic E-state index is 0.674. The van der Waals surface area contributed by atoms with E-state index in [1.54, 1.807) is 0 Å². The van der Waals surface area contributed by atoms with Crippen molar-refractivity contribution in [2.24, 2.45) is 5.73 Å². The molecule has 0 saturated carbocycles. The molecule has 2 N–H and O–H groups in total. The van der Waals surface area contributed by atoms with Crippen molar-refractivity contribution in [1.29, 1.82) is 0 Å². The molecule has 100 valence electrons. The van der Waals surface area contributed by atoms with Crippen LogP contribution in [0.5, 0.6) is 0 Å². The molecule has 1 aromatic carbocycles. The largest absolute Gasteiger partial charge is 0.368 e. The van der Waals surface area contributed by atoms with Gasteiger partial charge in [-0.1, -0.05) is 24.3 Å². The van der Waals surface area contributed by atoms with Crippen LogP contribution in [0.25, 0.3) is 0 Å². The van der Waals surface area contributed by atoms with Gasteiger partial charge in [-0.25, -0.2) is 0 Å². The quantitative estimate of drug-likeness (QED) is 0.892. The first-order valence-electron chi connectivity index (χ1n) is 6.62. The first-order valence-corrected chi connectivity index (χ1v) is 6.62. The number of hydrogen-bond acceptors (Lipinski definition) is 3. The van der Waals surface area contributed by atoms with E-state index < -0.39 is 0 Å². The van der Waals surface area contributed by atoms with Gasteiger partial charge in [-0.05, 0) is 43.7 Å². The van der Waals surface area contributed by atoms with E-state index in [0.717, 1.165) is 24.4 Å². The average Bonchev–Trinajstić information content (AvgIpc) is 2.39. The van der Waals surface area contributed by atoms with Crippen LogP contribution < -0.4 is 10.6 Å². The molecule has 0 atom stereocenters. The standard InChI is InChI=1S/C16H21N3/c1-13-6-5-8-15(18-13)12-19(2)16-9-4-3-7-14(16)10-11-17/h3-9H,10-12,17H2,1-2H3. The lowest BCUT2D eigenvalue weighted by Crippen LogP contribution is -2.19. The molecule has 19 heavy (non-hydrogen) atoms. The number of aryl methyl sites for hydroxylation is 1. The third-order valence-electron chi connectivity index (χ3n) is 3.16. The fraction of sp³-hybridized carbons (Fsp3) is 0.312. The number of nitrogens with two attached hydrogens (primary N) is 1. The van der Waals surface area contributed by atoms with Gasteiger partial charge in [0.25, 0.3) is 0 Å². The molecule has 0 aliphatic carbocycles. The Kier molecular flexibility index (Phi) is 4.53. The lowest BCUT2D eigenvalue weighted by molar-refractivity contribution is 0.860. The van der Waals surface area contributed by atoms with Gasteiger partial charge in [0.2, 0.25) is 0 Å². The highest BCUT2D eigenvalue weighted by molar-refractivity contribution is 5.53. The molecule has 0 unspecified atom stereocenters. The Labute approximate surface area is 115 Å². The van der Waals surface area contributed by atoms with Crippen LogP contribution in [-0.4, -0.2) is 18.6 Å². The Hall–Kier alpha value is -1.87. The van der Waals surface area contributed by atoms with E-state index in [9.17, 15) is 0 Å². The predicted octanol–water partition coefficient (Wildman–Crippen LogP) is 2.53. The zero-order valence-electron chi connectivity index (χ0n) is 11.6. The number of nitrogens with zero attached hydrogens (tertiary/aromatic N) is 2. The maximum absolute atomic E-state index is 5.67. The highest BCUT2D eigenvalue weighted by Gasteiger charge is 2.07. The summed E-state index contributed by atoms with van der Waals surface area (Å²) in [6, 6.07) is 14.5. The van der Waals surface area contributed by atoms with Crippen LogP contribution in [0, 0.1) is 6.92 Å². The van der Waals surface area contributed by atoms with Crippen molar-refractivity contribution in [3.63, 3.8) is 0 Å². The maximum Gasteiger partial charge on any atom is 0.0600 e. The minimum Gasteiger partial charge on any atom is -0.368 e. The number of pyridine rings is 1. The number of rotatable bonds is 5. The fourth-order valence-electron chi connectivity index (χ4n) is 2.27. The van der Waals surface area contributed by atoms with Crippen LogP contribution >= 0.6 is 0 Å². The van der Waals surface area contributed by atoms with Gasteiger partial charge in [-0.3, -0.25) is 4.98 Å². The molecule has 0 amide bonds. The summed E-state index contributed by atoms with van der Waals surface area (Å²) in [7, 11) is 2.10. The van der Waals surface area contributed by atoms with E-state index in [-0.39, 0.29) is 0 Å². The van der Waals surface area contributed by atoms with E-state index in [2.05, 4.69) is 53.3 Å². The Morgan fingerprint density at radius 3 is 2.63 bits per heavy atom. The highest BCUT2D eigenvalue weighted by Crippen LogP contribution is 2.20. The van der Waals surface area contributed by atoms with Gasteiger partial charge >= 0.3 is 0 Å². The number of anilines is 1. The fourth-order valence-corrected chi connectivity index (χ4v) is 2.27. The molecule has 0 spiro atoms. The molecule has 0 fully saturated rings. The number of hydrogen-bond donors (Lipinski definition) is 1. The molecule has 0 bridgehead atoms. The Morgan fingerprint density at radius 2 is 1.89 bits per heavy atom. The lowest BCUT2D eigenvalue weighted by atomic mass is 10.1. The van der Waals surface area contributed by atoms with Crippen molar-refractivity contribution in [2.45, 2.75) is 19.9 Å². The molecule has 3 heteroatoms. The van der Waals surface area contributed by atoms with Crippen molar-refractivity contribution in [3.8, 4) is 0 Å². The lowest BCUT2D eigenvalue weighted by Gasteiger charge is -2.22. The number of aromatic nitrogens is 1. The van der Waals surface area contributed by atoms with Crippen LogP contribution in [0.1, 0.15) is 17.0 Å². The third-order valence-corrected chi connectivity index (χ3v) is 3.16. The van der Waals surface area contributed by atoms with Crippen molar-refractivity contribution < 1.29 is 0 Å². The first-order chi connectivity index (χ1) is 9.20. The average molecular weight is 255 g/mol. The van der Waals surface area contributed by atoms with Crippen molar-refractivity contribution in [1.82, 2.24) is 4.98 Å². The molecule has 1 heterocycles. The summed E-state index contributed by atoms with van der Waals surface area (Å²) in [6.45, 7) is 3.50. The summed E-state index contributed by atoms with van der Waals surface area (Å²) in [5.74, 6) is 0. The van der Waals surface area contributed by atoms with E-state index in [0.29, 0.717) is 6.54 Å². The summed E-state index contributed by atoms with van der Waals surface area (Å²) in [4.78, 5) is 6.78. The van der Waals surface area contributed by atoms with Crippen molar-refractivity contribution >= 4 is 5.69 Å². The van der Waals surface area contributed by atoms with E-state index in [1.807, 2.05) is 13.0 Å². The van der Waals surface area contributed by atoms with Gasteiger partial charge in [0.1, 0.15) is 0 Å². The number of benzene rings is 1. The monoisotopic (exact) mass is 255 g/mol. The van der Waals surface area contributed by atoms with Gasteiger partial charge in [-0.2, -0.15) is 0 Å². The van der Waals surface area contributed by atoms with Crippen LogP contribution in [0.4, 0.5) is 5.69 Å². The van der Waals surface area contributed by atoms with Gasteiger partial charge in [-0.15, -0.1) is 0 Å². The SMILES string of the molecule is Cc1cccc(CN(C)c2ccccc2CCN)n1. The van der Waals surface area contributed by atoms with E-state index >= 15 is 0 Å². The van der Waals surface area contributed by atoms with E-state index in [1.165, 1.54) is 11.3 Å². The van der Waals surface area contributed by atoms with Gasteiger partial charge in [0.15, 0.2) is 0 Å². The van der Waals surface area contributed by atoms with Gasteiger partial charge in [0, 0.05) is 18.4 Å². The van der Waals surface area contributed by atoms with Gasteiger partial charge < -0.3 is 10.6 Å². The summed E-state index contributed by atoms with van der Waals surface area (Å²) in [6.07, 6.45) is 0.905. The molecule has 3 nitrogen and oxygen atoms in total. The number of para-hydroxylation sites is 1. The van der Waals surface area contributed by atoms with Crippen molar-refractivity contribution in [3.05, 3.63) is 59.4 Å². The molecule has 0 aliphatic heterocycles. The third kappa shape index (κ3) is 3.55. The Balaban J connectivity index is 2.17. The maximum atomic E-state index is 5.67. The topological polar surface area (TPSA) is 42.1 Å². The van der Waals surface area contributed by atoms with Crippen LogP contribution in [0.3, 0.4) is 0 Å². The van der Waals surface area contributed by atoms with E-state index in [4.69, 9.17) is 5.73 Å². The first kappa shape index (κ1) is 13.6. The Bertz CT molecular complexity index is 537. The molecular weight excluding hydrogens is 234 g/mol. The molecule has 0 aliphatic rings. The second-order valence-electron chi connectivity index (χ2n) is 4.79. The van der Waals surface area contributed by atoms with Crippen molar-refractivity contribution in [2.75, 3.05) is 18.5 Å². The highest BCUT2D eigenvalue weighted by atomic mass is 15.1. The smallest absolute Gasteiger partial charge is 0.0600 e. The van der Waals surface area contributed by atoms with Crippen LogP contribution in [-0.2, 0) is 13.0 Å². The summed E-state index contributed by atoms with van der Waals surface area (Å²) < 4.78 is 0.